The zero-order valence-corrected chi connectivity index (χ0v) is 9.09. The topological polar surface area (TPSA) is 61.9 Å². The SMILES string of the molecule is N=C(c1cccc(F)c1N)C1CCNCC1. The smallest absolute Gasteiger partial charge is 0.146 e. The minimum absolute atomic E-state index is 0.103. The quantitative estimate of drug-likeness (QED) is 0.526. The minimum atomic E-state index is -0.434. The fourth-order valence-corrected chi connectivity index (χ4v) is 2.10. The van der Waals surface area contributed by atoms with Gasteiger partial charge in [0.2, 0.25) is 0 Å². The van der Waals surface area contributed by atoms with E-state index < -0.39 is 5.82 Å². The molecule has 1 heterocycles. The Morgan fingerprint density at radius 3 is 2.75 bits per heavy atom. The molecule has 0 spiro atoms. The third-order valence-electron chi connectivity index (χ3n) is 3.09. The van der Waals surface area contributed by atoms with Gasteiger partial charge in [0, 0.05) is 17.2 Å². The summed E-state index contributed by atoms with van der Waals surface area (Å²) in [5, 5.41) is 11.3. The molecule has 0 aliphatic carbocycles. The highest BCUT2D eigenvalue weighted by molar-refractivity contribution is 6.04. The van der Waals surface area contributed by atoms with Crippen LogP contribution < -0.4 is 11.1 Å². The largest absolute Gasteiger partial charge is 0.396 e. The summed E-state index contributed by atoms with van der Waals surface area (Å²) in [5.41, 5.74) is 6.78. The summed E-state index contributed by atoms with van der Waals surface area (Å²) >= 11 is 0. The number of nitrogens with one attached hydrogen (secondary N) is 2. The van der Waals surface area contributed by atoms with E-state index in [0.717, 1.165) is 25.9 Å². The van der Waals surface area contributed by atoms with Crippen LogP contribution in [-0.2, 0) is 0 Å². The second kappa shape index (κ2) is 4.61. The summed E-state index contributed by atoms with van der Waals surface area (Å²) in [6, 6.07) is 4.66. The number of nitrogens with two attached hydrogens (primary N) is 1. The van der Waals surface area contributed by atoms with E-state index in [1.807, 2.05) is 0 Å². The van der Waals surface area contributed by atoms with Crippen LogP contribution in [0.15, 0.2) is 18.2 Å². The van der Waals surface area contributed by atoms with Gasteiger partial charge in [0.15, 0.2) is 0 Å². The molecule has 1 saturated heterocycles. The summed E-state index contributed by atoms with van der Waals surface area (Å²) in [4.78, 5) is 0. The van der Waals surface area contributed by atoms with Crippen molar-refractivity contribution in [2.24, 2.45) is 5.92 Å². The maximum absolute atomic E-state index is 13.3. The molecule has 0 amide bonds. The molecule has 1 aromatic carbocycles. The first-order chi connectivity index (χ1) is 7.70. The van der Waals surface area contributed by atoms with Crippen molar-refractivity contribution in [3.8, 4) is 0 Å². The normalized spacial score (nSPS) is 17.3. The number of benzene rings is 1. The van der Waals surface area contributed by atoms with Gasteiger partial charge in [0.25, 0.3) is 0 Å². The van der Waals surface area contributed by atoms with Gasteiger partial charge in [-0.15, -0.1) is 0 Å². The van der Waals surface area contributed by atoms with E-state index >= 15 is 0 Å². The summed E-state index contributed by atoms with van der Waals surface area (Å²) < 4.78 is 13.3. The molecule has 86 valence electrons. The van der Waals surface area contributed by atoms with Crippen LogP contribution in [0.1, 0.15) is 18.4 Å². The Kier molecular flexibility index (Phi) is 3.19. The highest BCUT2D eigenvalue weighted by atomic mass is 19.1. The van der Waals surface area contributed by atoms with E-state index in [2.05, 4.69) is 5.32 Å². The minimum Gasteiger partial charge on any atom is -0.396 e. The van der Waals surface area contributed by atoms with Crippen molar-refractivity contribution >= 4 is 11.4 Å². The van der Waals surface area contributed by atoms with Crippen molar-refractivity contribution in [2.75, 3.05) is 18.8 Å². The summed E-state index contributed by atoms with van der Waals surface area (Å²) in [6.45, 7) is 1.84. The number of rotatable bonds is 2. The van der Waals surface area contributed by atoms with Gasteiger partial charge < -0.3 is 16.5 Å². The van der Waals surface area contributed by atoms with Crippen molar-refractivity contribution in [2.45, 2.75) is 12.8 Å². The number of hydrogen-bond acceptors (Lipinski definition) is 3. The lowest BCUT2D eigenvalue weighted by Gasteiger charge is -2.24. The molecule has 4 heteroatoms. The average molecular weight is 221 g/mol. The van der Waals surface area contributed by atoms with Gasteiger partial charge in [0.1, 0.15) is 5.82 Å². The lowest BCUT2D eigenvalue weighted by molar-refractivity contribution is 0.456. The van der Waals surface area contributed by atoms with E-state index in [4.69, 9.17) is 11.1 Å². The van der Waals surface area contributed by atoms with Crippen molar-refractivity contribution in [1.82, 2.24) is 5.32 Å². The Hall–Kier alpha value is -1.42. The van der Waals surface area contributed by atoms with Crippen molar-refractivity contribution in [3.05, 3.63) is 29.6 Å². The maximum atomic E-state index is 13.3. The zero-order valence-electron chi connectivity index (χ0n) is 9.09. The van der Waals surface area contributed by atoms with Gasteiger partial charge in [0.05, 0.1) is 5.69 Å². The zero-order chi connectivity index (χ0) is 11.5. The lowest BCUT2D eigenvalue weighted by Crippen LogP contribution is -2.32. The maximum Gasteiger partial charge on any atom is 0.146 e. The van der Waals surface area contributed by atoms with Gasteiger partial charge in [-0.2, -0.15) is 0 Å². The number of nitrogen functional groups attached to an aromatic ring is 1. The van der Waals surface area contributed by atoms with Crippen LogP contribution in [-0.4, -0.2) is 18.8 Å². The Bertz CT molecular complexity index is 397. The molecule has 2 rings (SSSR count). The summed E-state index contributed by atoms with van der Waals surface area (Å²) in [5.74, 6) is -0.235. The van der Waals surface area contributed by atoms with Crippen LogP contribution in [0.25, 0.3) is 0 Å². The standard InChI is InChI=1S/C12H16FN3/c13-10-3-1-2-9(12(10)15)11(14)8-4-6-16-7-5-8/h1-3,8,14,16H,4-7,15H2. The fraction of sp³-hybridized carbons (Fsp3) is 0.417. The highest BCUT2D eigenvalue weighted by Gasteiger charge is 2.21. The van der Waals surface area contributed by atoms with Gasteiger partial charge in [-0.1, -0.05) is 12.1 Å². The second-order valence-electron chi connectivity index (χ2n) is 4.14. The van der Waals surface area contributed by atoms with Crippen LogP contribution in [0.5, 0.6) is 0 Å². The molecule has 1 aromatic rings. The van der Waals surface area contributed by atoms with Crippen LogP contribution in [0.2, 0.25) is 0 Å². The number of hydrogen-bond donors (Lipinski definition) is 3. The van der Waals surface area contributed by atoms with E-state index in [1.54, 1.807) is 12.1 Å². The van der Waals surface area contributed by atoms with Gasteiger partial charge in [-0.05, 0) is 32.0 Å². The summed E-state index contributed by atoms with van der Waals surface area (Å²) in [7, 11) is 0. The first-order valence-electron chi connectivity index (χ1n) is 5.53. The Labute approximate surface area is 94.4 Å². The number of halogens is 1. The highest BCUT2D eigenvalue weighted by Crippen LogP contribution is 2.23. The van der Waals surface area contributed by atoms with Crippen LogP contribution in [0.4, 0.5) is 10.1 Å². The molecule has 1 aliphatic heterocycles. The molecular weight excluding hydrogens is 205 g/mol. The molecule has 1 fully saturated rings. The second-order valence-corrected chi connectivity index (χ2v) is 4.14. The van der Waals surface area contributed by atoms with Gasteiger partial charge in [-0.25, -0.2) is 4.39 Å². The average Bonchev–Trinajstić information content (AvgIpc) is 2.33. The first-order valence-corrected chi connectivity index (χ1v) is 5.53. The Morgan fingerprint density at radius 1 is 1.38 bits per heavy atom. The van der Waals surface area contributed by atoms with E-state index in [9.17, 15) is 4.39 Å². The molecule has 16 heavy (non-hydrogen) atoms. The predicted molar refractivity (Wildman–Crippen MR) is 63.2 cm³/mol. The fourth-order valence-electron chi connectivity index (χ4n) is 2.10. The molecule has 0 bridgehead atoms. The third kappa shape index (κ3) is 2.07. The van der Waals surface area contributed by atoms with Crippen LogP contribution in [0.3, 0.4) is 0 Å². The van der Waals surface area contributed by atoms with E-state index in [0.29, 0.717) is 11.3 Å². The van der Waals surface area contributed by atoms with Crippen LogP contribution >= 0.6 is 0 Å². The molecule has 1 aliphatic rings. The summed E-state index contributed by atoms with van der Waals surface area (Å²) in [6.07, 6.45) is 1.85. The third-order valence-corrected chi connectivity index (χ3v) is 3.09. The molecule has 0 radical (unpaired) electrons. The molecule has 0 aromatic heterocycles. The predicted octanol–water partition coefficient (Wildman–Crippen LogP) is 1.78. The Morgan fingerprint density at radius 2 is 2.06 bits per heavy atom. The lowest BCUT2D eigenvalue weighted by atomic mass is 9.88. The number of anilines is 1. The van der Waals surface area contributed by atoms with Crippen molar-refractivity contribution in [1.29, 1.82) is 5.41 Å². The van der Waals surface area contributed by atoms with Crippen LogP contribution in [0, 0.1) is 17.1 Å². The van der Waals surface area contributed by atoms with Crippen molar-refractivity contribution in [3.63, 3.8) is 0 Å². The molecule has 0 unspecified atom stereocenters. The van der Waals surface area contributed by atoms with Gasteiger partial charge in [-0.3, -0.25) is 0 Å². The van der Waals surface area contributed by atoms with Gasteiger partial charge >= 0.3 is 0 Å². The Balaban J connectivity index is 2.22. The number of para-hydroxylation sites is 1. The molecule has 0 saturated carbocycles. The van der Waals surface area contributed by atoms with Crippen molar-refractivity contribution < 1.29 is 4.39 Å². The first kappa shape index (κ1) is 11.1. The molecule has 0 atom stereocenters. The number of piperidine rings is 1. The molecule has 4 N–H and O–H groups in total. The van der Waals surface area contributed by atoms with E-state index in [1.165, 1.54) is 6.07 Å². The molecular formula is C12H16FN3. The molecule has 3 nitrogen and oxygen atoms in total. The van der Waals surface area contributed by atoms with E-state index in [-0.39, 0.29) is 11.6 Å². The monoisotopic (exact) mass is 221 g/mol.